The molecule has 2 heterocycles. The molecule has 0 aliphatic rings. The molecular weight excluding hydrogens is 232 g/mol. The summed E-state index contributed by atoms with van der Waals surface area (Å²) in [5.74, 6) is 0.740. The van der Waals surface area contributed by atoms with Crippen LogP contribution in [-0.4, -0.2) is 23.6 Å². The van der Waals surface area contributed by atoms with Gasteiger partial charge >= 0.3 is 0 Å². The average Bonchev–Trinajstić information content (AvgIpc) is 2.89. The smallest absolute Gasteiger partial charge is 0.225 e. The fourth-order valence-corrected chi connectivity index (χ4v) is 2.21. The van der Waals surface area contributed by atoms with Gasteiger partial charge in [0.25, 0.3) is 0 Å². The Bertz CT molecular complexity index is 455. The molecule has 0 atom stereocenters. The number of hydrogen-bond donors (Lipinski definition) is 1. The summed E-state index contributed by atoms with van der Waals surface area (Å²) in [6, 6.07) is 6.07. The van der Waals surface area contributed by atoms with Crippen LogP contribution in [0.2, 0.25) is 0 Å². The number of nitrogens with two attached hydrogens (primary N) is 1. The van der Waals surface area contributed by atoms with Crippen molar-refractivity contribution in [3.05, 3.63) is 40.3 Å². The molecule has 0 spiro atoms. The first-order valence-electron chi connectivity index (χ1n) is 5.55. The van der Waals surface area contributed by atoms with Crippen molar-refractivity contribution in [2.24, 2.45) is 5.73 Å². The number of hydrogen-bond acceptors (Lipinski definition) is 5. The van der Waals surface area contributed by atoms with Crippen LogP contribution in [0.15, 0.2) is 29.8 Å². The topological polar surface area (TPSA) is 55.0 Å². The highest BCUT2D eigenvalue weighted by Crippen LogP contribution is 2.11. The maximum atomic E-state index is 5.56. The first-order valence-corrected chi connectivity index (χ1v) is 6.43. The molecule has 0 saturated heterocycles. The number of anilines is 1. The Hall–Kier alpha value is -1.46. The maximum Gasteiger partial charge on any atom is 0.225 e. The molecule has 2 rings (SSSR count). The van der Waals surface area contributed by atoms with Gasteiger partial charge in [-0.25, -0.2) is 9.97 Å². The first kappa shape index (κ1) is 12.0. The Labute approximate surface area is 105 Å². The normalized spacial score (nSPS) is 10.5. The SMILES string of the molecule is CN(CCc1cccs1)c1nccc(CN)n1. The van der Waals surface area contributed by atoms with E-state index in [1.165, 1.54) is 4.88 Å². The molecule has 0 fully saturated rings. The molecule has 5 heteroatoms. The Morgan fingerprint density at radius 3 is 3.00 bits per heavy atom. The van der Waals surface area contributed by atoms with Gasteiger partial charge in [0.15, 0.2) is 0 Å². The van der Waals surface area contributed by atoms with E-state index in [0.29, 0.717) is 6.54 Å². The van der Waals surface area contributed by atoms with Crippen molar-refractivity contribution in [3.8, 4) is 0 Å². The van der Waals surface area contributed by atoms with Gasteiger partial charge in [0.05, 0.1) is 5.69 Å². The average molecular weight is 248 g/mol. The van der Waals surface area contributed by atoms with E-state index in [9.17, 15) is 0 Å². The van der Waals surface area contributed by atoms with E-state index in [4.69, 9.17) is 5.73 Å². The standard InChI is InChI=1S/C12H16N4S/c1-16(7-5-11-3-2-8-17-11)12-14-6-4-10(9-13)15-12/h2-4,6,8H,5,7,9,13H2,1H3. The largest absolute Gasteiger partial charge is 0.344 e. The van der Waals surface area contributed by atoms with Crippen molar-refractivity contribution in [2.75, 3.05) is 18.5 Å². The molecule has 0 saturated carbocycles. The third kappa shape index (κ3) is 3.25. The molecule has 2 aromatic rings. The van der Waals surface area contributed by atoms with E-state index in [1.54, 1.807) is 17.5 Å². The van der Waals surface area contributed by atoms with E-state index < -0.39 is 0 Å². The minimum absolute atomic E-state index is 0.453. The van der Waals surface area contributed by atoms with Crippen molar-refractivity contribution in [3.63, 3.8) is 0 Å². The van der Waals surface area contributed by atoms with Crippen LogP contribution in [0.4, 0.5) is 5.95 Å². The molecule has 4 nitrogen and oxygen atoms in total. The van der Waals surface area contributed by atoms with Crippen LogP contribution >= 0.6 is 11.3 Å². The molecule has 0 amide bonds. The lowest BCUT2D eigenvalue weighted by Gasteiger charge is -2.16. The summed E-state index contributed by atoms with van der Waals surface area (Å²) < 4.78 is 0. The molecule has 2 N–H and O–H groups in total. The molecule has 0 bridgehead atoms. The lowest BCUT2D eigenvalue weighted by Crippen LogP contribution is -2.22. The highest BCUT2D eigenvalue weighted by Gasteiger charge is 2.05. The van der Waals surface area contributed by atoms with Crippen molar-refractivity contribution in [1.29, 1.82) is 0 Å². The summed E-state index contributed by atoms with van der Waals surface area (Å²) >= 11 is 1.78. The zero-order chi connectivity index (χ0) is 12.1. The lowest BCUT2D eigenvalue weighted by molar-refractivity contribution is 0.830. The number of rotatable bonds is 5. The Morgan fingerprint density at radius 2 is 2.29 bits per heavy atom. The summed E-state index contributed by atoms with van der Waals surface area (Å²) in [5, 5.41) is 2.10. The second kappa shape index (κ2) is 5.75. The molecule has 90 valence electrons. The number of thiophene rings is 1. The Kier molecular flexibility index (Phi) is 4.06. The second-order valence-electron chi connectivity index (χ2n) is 3.80. The van der Waals surface area contributed by atoms with Crippen molar-refractivity contribution in [1.82, 2.24) is 9.97 Å². The minimum atomic E-state index is 0.453. The fourth-order valence-electron chi connectivity index (χ4n) is 1.51. The van der Waals surface area contributed by atoms with Crippen LogP contribution in [0.25, 0.3) is 0 Å². The molecule has 0 radical (unpaired) electrons. The van der Waals surface area contributed by atoms with Gasteiger partial charge in [-0.05, 0) is 23.9 Å². The van der Waals surface area contributed by atoms with E-state index >= 15 is 0 Å². The Morgan fingerprint density at radius 1 is 1.41 bits per heavy atom. The van der Waals surface area contributed by atoms with E-state index in [0.717, 1.165) is 24.6 Å². The van der Waals surface area contributed by atoms with Crippen molar-refractivity contribution >= 4 is 17.3 Å². The van der Waals surface area contributed by atoms with Crippen LogP contribution < -0.4 is 10.6 Å². The second-order valence-corrected chi connectivity index (χ2v) is 4.84. The van der Waals surface area contributed by atoms with Crippen molar-refractivity contribution < 1.29 is 0 Å². The maximum absolute atomic E-state index is 5.56. The molecular formula is C12H16N4S. The summed E-state index contributed by atoms with van der Waals surface area (Å²) in [5.41, 5.74) is 6.44. The highest BCUT2D eigenvalue weighted by molar-refractivity contribution is 7.09. The molecule has 2 aromatic heterocycles. The van der Waals surface area contributed by atoms with Crippen LogP contribution in [0.5, 0.6) is 0 Å². The van der Waals surface area contributed by atoms with E-state index in [2.05, 4.69) is 32.4 Å². The molecule has 0 aliphatic carbocycles. The Balaban J connectivity index is 1.96. The molecule has 17 heavy (non-hydrogen) atoms. The van der Waals surface area contributed by atoms with Crippen LogP contribution in [0.1, 0.15) is 10.6 Å². The van der Waals surface area contributed by atoms with Crippen LogP contribution in [0.3, 0.4) is 0 Å². The summed E-state index contributed by atoms with van der Waals surface area (Å²) in [6.45, 7) is 1.36. The minimum Gasteiger partial charge on any atom is -0.344 e. The molecule has 0 aliphatic heterocycles. The zero-order valence-electron chi connectivity index (χ0n) is 9.84. The van der Waals surface area contributed by atoms with Gasteiger partial charge in [0.1, 0.15) is 0 Å². The first-order chi connectivity index (χ1) is 8.29. The fraction of sp³-hybridized carbons (Fsp3) is 0.333. The summed E-state index contributed by atoms with van der Waals surface area (Å²) in [4.78, 5) is 12.1. The van der Waals surface area contributed by atoms with Gasteiger partial charge in [0.2, 0.25) is 5.95 Å². The monoisotopic (exact) mass is 248 g/mol. The summed E-state index contributed by atoms with van der Waals surface area (Å²) in [6.07, 6.45) is 2.77. The third-order valence-corrected chi connectivity index (χ3v) is 3.46. The predicted octanol–water partition coefficient (Wildman–Crippen LogP) is 1.68. The number of aromatic nitrogens is 2. The van der Waals surface area contributed by atoms with Gasteiger partial charge < -0.3 is 10.6 Å². The quantitative estimate of drug-likeness (QED) is 0.874. The van der Waals surface area contributed by atoms with Crippen LogP contribution in [-0.2, 0) is 13.0 Å². The molecule has 0 aromatic carbocycles. The van der Waals surface area contributed by atoms with Gasteiger partial charge in [-0.15, -0.1) is 11.3 Å². The zero-order valence-corrected chi connectivity index (χ0v) is 10.7. The lowest BCUT2D eigenvalue weighted by atomic mass is 10.3. The van der Waals surface area contributed by atoms with Gasteiger partial charge in [-0.1, -0.05) is 6.07 Å². The number of nitrogens with zero attached hydrogens (tertiary/aromatic N) is 3. The highest BCUT2D eigenvalue weighted by atomic mass is 32.1. The van der Waals surface area contributed by atoms with Gasteiger partial charge in [-0.3, -0.25) is 0 Å². The summed E-state index contributed by atoms with van der Waals surface area (Å²) in [7, 11) is 2.00. The van der Waals surface area contributed by atoms with E-state index in [-0.39, 0.29) is 0 Å². The van der Waals surface area contributed by atoms with Crippen molar-refractivity contribution in [2.45, 2.75) is 13.0 Å². The molecule has 0 unspecified atom stereocenters. The van der Waals surface area contributed by atoms with Crippen LogP contribution in [0, 0.1) is 0 Å². The van der Waals surface area contributed by atoms with Gasteiger partial charge in [-0.2, -0.15) is 0 Å². The third-order valence-electron chi connectivity index (χ3n) is 2.52. The number of likely N-dealkylation sites (N-methyl/N-ethyl adjacent to an activating group) is 1. The predicted molar refractivity (Wildman–Crippen MR) is 71.2 cm³/mol. The van der Waals surface area contributed by atoms with Gasteiger partial charge in [0, 0.05) is 31.2 Å². The van der Waals surface area contributed by atoms with E-state index in [1.807, 2.05) is 13.1 Å².